The molecule has 9 heteroatoms. The molecule has 0 atom stereocenters. The number of nitrogens with zero attached hydrogens (tertiary/aromatic N) is 1. The van der Waals surface area contributed by atoms with Gasteiger partial charge in [0.2, 0.25) is 0 Å². The van der Waals surface area contributed by atoms with Crippen LogP contribution in [0.1, 0.15) is 59.3 Å². The van der Waals surface area contributed by atoms with Crippen LogP contribution in [-0.2, 0) is 0 Å². The summed E-state index contributed by atoms with van der Waals surface area (Å²) in [6.45, 7) is 6.79. The van der Waals surface area contributed by atoms with Gasteiger partial charge in [0.1, 0.15) is 12.2 Å². The second kappa shape index (κ2) is 33.8. The van der Waals surface area contributed by atoms with Crippen molar-refractivity contribution in [2.75, 3.05) is 24.6 Å². The van der Waals surface area contributed by atoms with Crippen LogP contribution in [0.2, 0.25) is 0 Å². The summed E-state index contributed by atoms with van der Waals surface area (Å²) in [4.78, 5) is 0. The van der Waals surface area contributed by atoms with Crippen LogP contribution in [0.4, 0.5) is 28.2 Å². The van der Waals surface area contributed by atoms with Crippen molar-refractivity contribution in [2.24, 2.45) is 0 Å². The molecule has 1 nitrogen and oxygen atoms in total. The zero-order valence-corrected chi connectivity index (χ0v) is 19.6. The number of hydrogen-bond acceptors (Lipinski definition) is 1. The van der Waals surface area contributed by atoms with Crippen molar-refractivity contribution >= 4 is 31.7 Å². The van der Waals surface area contributed by atoms with E-state index in [4.69, 9.17) is 5.26 Å². The van der Waals surface area contributed by atoms with E-state index in [-0.39, 0.29) is 52.7 Å². The average molecular weight is 487 g/mol. The molecule has 0 aliphatic carbocycles. The molecular weight excluding hydrogens is 449 g/mol. The fourth-order valence-corrected chi connectivity index (χ4v) is 6.61. The van der Waals surface area contributed by atoms with Crippen LogP contribution in [0.15, 0.2) is 0 Å². The zero-order valence-electron chi connectivity index (χ0n) is 14.6. The van der Waals surface area contributed by atoms with Gasteiger partial charge in [-0.2, -0.15) is 5.26 Å². The molecule has 0 N–H and O–H groups in total. The summed E-state index contributed by atoms with van der Waals surface area (Å²) in [5, 5.41) is 9.08. The van der Waals surface area contributed by atoms with Crippen molar-refractivity contribution in [3.8, 4) is 6.07 Å². The van der Waals surface area contributed by atoms with Gasteiger partial charge in [-0.15, -0.1) is 0 Å². The summed E-state index contributed by atoms with van der Waals surface area (Å²) in [5.41, 5.74) is 0. The Morgan fingerprint density at radius 3 is 1.09 bits per heavy atom. The Bertz CT molecular complexity index is 198. The average Bonchev–Trinajstić information content (AvgIpc) is 2.31. The van der Waals surface area contributed by atoms with Crippen LogP contribution < -0.4 is 0 Å². The summed E-state index contributed by atoms with van der Waals surface area (Å²) in [6, 6.07) is 2.48. The van der Waals surface area contributed by atoms with E-state index in [1.54, 1.807) is 0 Å². The normalized spacial score (nSPS) is 7.91. The molecule has 0 heterocycles. The molecule has 0 aromatic carbocycles. The minimum absolute atomic E-state index is 0. The summed E-state index contributed by atoms with van der Waals surface area (Å²) in [5.74, 6) is 0. The molecule has 0 aromatic heterocycles. The molecule has 0 rings (SSSR count). The molecule has 0 amide bonds. The fraction of sp³-hybridized carbons (Fsp3) is 0.929. The SMILES string of the molecule is CCCC[P+](CC#N)(CCCC)CCCC.F.F.F.F.F.F.[SbH3]. The Kier molecular flexibility index (Phi) is 72.8. The Labute approximate surface area is 155 Å². The molecule has 150 valence electrons. The molecule has 0 aliphatic heterocycles. The number of hydrogen-bond donors (Lipinski definition) is 0. The molecular formula is C14H38F6NPSb+. The van der Waals surface area contributed by atoms with Crippen LogP contribution in [0.3, 0.4) is 0 Å². The van der Waals surface area contributed by atoms with Crippen molar-refractivity contribution in [1.82, 2.24) is 0 Å². The molecule has 0 aromatic rings. The van der Waals surface area contributed by atoms with E-state index in [0.717, 1.165) is 6.16 Å². The van der Waals surface area contributed by atoms with E-state index in [2.05, 4.69) is 26.8 Å². The van der Waals surface area contributed by atoms with Crippen LogP contribution in [0, 0.1) is 11.3 Å². The summed E-state index contributed by atoms with van der Waals surface area (Å²) in [6.07, 6.45) is 12.9. The van der Waals surface area contributed by atoms with Gasteiger partial charge in [-0.25, -0.2) is 0 Å². The van der Waals surface area contributed by atoms with E-state index in [9.17, 15) is 0 Å². The van der Waals surface area contributed by atoms with Crippen molar-refractivity contribution < 1.29 is 28.2 Å². The molecule has 0 fully saturated rings. The van der Waals surface area contributed by atoms with Crippen LogP contribution in [0.5, 0.6) is 0 Å². The third-order valence-electron chi connectivity index (χ3n) is 3.36. The minimum atomic E-state index is -0.907. The van der Waals surface area contributed by atoms with Crippen LogP contribution in [-0.4, -0.2) is 49.1 Å². The van der Waals surface area contributed by atoms with Crippen molar-refractivity contribution in [3.63, 3.8) is 0 Å². The molecule has 0 unspecified atom stereocenters. The van der Waals surface area contributed by atoms with E-state index >= 15 is 0 Å². The fourth-order valence-electron chi connectivity index (χ4n) is 2.20. The number of halogens is 6. The molecule has 23 heavy (non-hydrogen) atoms. The Balaban J connectivity index is -0.0000000536. The van der Waals surface area contributed by atoms with Crippen molar-refractivity contribution in [1.29, 1.82) is 5.26 Å². The third kappa shape index (κ3) is 24.7. The monoisotopic (exact) mass is 486 g/mol. The Morgan fingerprint density at radius 2 is 0.913 bits per heavy atom. The first-order valence-electron chi connectivity index (χ1n) is 6.96. The first kappa shape index (κ1) is 49.5. The molecule has 0 bridgehead atoms. The molecule has 0 radical (unpaired) electrons. The summed E-state index contributed by atoms with van der Waals surface area (Å²) in [7, 11) is -0.907. The zero-order chi connectivity index (χ0) is 12.3. The first-order chi connectivity index (χ1) is 7.74. The topological polar surface area (TPSA) is 23.8 Å². The van der Waals surface area contributed by atoms with Gasteiger partial charge in [0, 0.05) is 7.26 Å². The van der Waals surface area contributed by atoms with Gasteiger partial charge in [0.05, 0.1) is 18.5 Å². The maximum absolute atomic E-state index is 9.08. The van der Waals surface area contributed by atoms with Gasteiger partial charge < -0.3 is 0 Å². The molecule has 0 aliphatic rings. The van der Waals surface area contributed by atoms with E-state index in [0.29, 0.717) is 0 Å². The molecule has 0 saturated carbocycles. The van der Waals surface area contributed by atoms with Gasteiger partial charge in [0.15, 0.2) is 0 Å². The van der Waals surface area contributed by atoms with E-state index < -0.39 is 7.26 Å². The molecule has 0 spiro atoms. The standard InChI is InChI=1S/C14H29NP.6FH.Sb.3H/c1-4-7-11-16(14-10-15,12-8-5-2)13-9-6-3;;;;;;;;;;/h4-9,11-14H2,1-3H3;6*1H;;;;/q+1;;;;;;;;;;. The second-order valence-corrected chi connectivity index (χ2v) is 9.23. The van der Waals surface area contributed by atoms with Gasteiger partial charge in [-0.3, -0.25) is 28.2 Å². The number of rotatable bonds is 10. The van der Waals surface area contributed by atoms with Gasteiger partial charge in [0.25, 0.3) is 0 Å². The van der Waals surface area contributed by atoms with Crippen LogP contribution >= 0.6 is 7.26 Å². The first-order valence-corrected chi connectivity index (χ1v) is 9.49. The van der Waals surface area contributed by atoms with E-state index in [1.807, 2.05) is 0 Å². The van der Waals surface area contributed by atoms with Crippen molar-refractivity contribution in [3.05, 3.63) is 0 Å². The molecule has 0 saturated heterocycles. The van der Waals surface area contributed by atoms with Gasteiger partial charge in [-0.05, 0) is 19.3 Å². The predicted octanol–water partition coefficient (Wildman–Crippen LogP) is 4.66. The number of unbranched alkanes of at least 4 members (excludes halogenated alkanes) is 3. The Hall–Kier alpha value is 0.318. The predicted molar refractivity (Wildman–Crippen MR) is 102 cm³/mol. The summed E-state index contributed by atoms with van der Waals surface area (Å²) < 4.78 is 0. The van der Waals surface area contributed by atoms with Gasteiger partial charge in [-0.1, -0.05) is 40.0 Å². The Morgan fingerprint density at radius 1 is 0.652 bits per heavy atom. The van der Waals surface area contributed by atoms with Gasteiger partial charge >= 0.3 is 24.4 Å². The second-order valence-electron chi connectivity index (χ2n) is 4.89. The van der Waals surface area contributed by atoms with E-state index in [1.165, 1.54) is 57.0 Å². The summed E-state index contributed by atoms with van der Waals surface area (Å²) >= 11 is 0. The van der Waals surface area contributed by atoms with Crippen LogP contribution in [0.25, 0.3) is 0 Å². The quantitative estimate of drug-likeness (QED) is 0.250. The number of nitriles is 1. The van der Waals surface area contributed by atoms with Crippen molar-refractivity contribution in [2.45, 2.75) is 59.3 Å². The maximum atomic E-state index is 9.08. The third-order valence-corrected chi connectivity index (χ3v) is 7.97.